The zero-order chi connectivity index (χ0) is 12.3. The van der Waals surface area contributed by atoms with Crippen LogP contribution in [0.4, 0.5) is 5.95 Å². The molecule has 0 radical (unpaired) electrons. The molecule has 0 aliphatic heterocycles. The van der Waals surface area contributed by atoms with Crippen molar-refractivity contribution in [3.63, 3.8) is 0 Å². The third-order valence-corrected chi connectivity index (χ3v) is 2.39. The standard InChI is InChI=1S/C13H17N3O/c1-10(2)15-13-14-7-8-16(13)11-5-4-6-12(9-11)17-3/h4-10H,1-3H3,(H,14,15). The maximum absolute atomic E-state index is 5.22. The van der Waals surface area contributed by atoms with Gasteiger partial charge in [-0.3, -0.25) is 4.57 Å². The Morgan fingerprint density at radius 2 is 2.18 bits per heavy atom. The van der Waals surface area contributed by atoms with E-state index in [1.807, 2.05) is 35.0 Å². The molecule has 0 saturated heterocycles. The highest BCUT2D eigenvalue weighted by molar-refractivity contribution is 5.45. The predicted octanol–water partition coefficient (Wildman–Crippen LogP) is 2.70. The third kappa shape index (κ3) is 2.58. The summed E-state index contributed by atoms with van der Waals surface area (Å²) in [6.45, 7) is 4.18. The van der Waals surface area contributed by atoms with Crippen LogP contribution in [-0.2, 0) is 0 Å². The Morgan fingerprint density at radius 1 is 1.35 bits per heavy atom. The molecule has 0 atom stereocenters. The van der Waals surface area contributed by atoms with Crippen LogP contribution in [0.3, 0.4) is 0 Å². The second kappa shape index (κ2) is 4.91. The van der Waals surface area contributed by atoms with E-state index in [2.05, 4.69) is 24.1 Å². The van der Waals surface area contributed by atoms with Crippen LogP contribution in [0.2, 0.25) is 0 Å². The summed E-state index contributed by atoms with van der Waals surface area (Å²) in [5, 5.41) is 3.30. The summed E-state index contributed by atoms with van der Waals surface area (Å²) in [4.78, 5) is 4.30. The van der Waals surface area contributed by atoms with Crippen LogP contribution in [0.5, 0.6) is 5.75 Å². The van der Waals surface area contributed by atoms with Crippen molar-refractivity contribution < 1.29 is 4.74 Å². The highest BCUT2D eigenvalue weighted by Gasteiger charge is 2.06. The average Bonchev–Trinajstić information content (AvgIpc) is 2.76. The number of hydrogen-bond donors (Lipinski definition) is 1. The number of benzene rings is 1. The molecule has 0 aliphatic carbocycles. The molecule has 2 aromatic rings. The largest absolute Gasteiger partial charge is 0.497 e. The maximum atomic E-state index is 5.22. The van der Waals surface area contributed by atoms with Crippen LogP contribution in [0.15, 0.2) is 36.7 Å². The highest BCUT2D eigenvalue weighted by atomic mass is 16.5. The summed E-state index contributed by atoms with van der Waals surface area (Å²) in [6.07, 6.45) is 3.71. The van der Waals surface area contributed by atoms with Crippen LogP contribution in [0, 0.1) is 0 Å². The van der Waals surface area contributed by atoms with Crippen molar-refractivity contribution in [2.75, 3.05) is 12.4 Å². The van der Waals surface area contributed by atoms with E-state index >= 15 is 0 Å². The van der Waals surface area contributed by atoms with E-state index in [1.165, 1.54) is 0 Å². The van der Waals surface area contributed by atoms with E-state index in [9.17, 15) is 0 Å². The molecule has 1 aromatic heterocycles. The number of nitrogens with zero attached hydrogens (tertiary/aromatic N) is 2. The lowest BCUT2D eigenvalue weighted by Crippen LogP contribution is -2.13. The number of rotatable bonds is 4. The topological polar surface area (TPSA) is 39.1 Å². The van der Waals surface area contributed by atoms with Gasteiger partial charge in [0.25, 0.3) is 0 Å². The number of aromatic nitrogens is 2. The second-order valence-corrected chi connectivity index (χ2v) is 4.12. The number of ether oxygens (including phenoxy) is 1. The van der Waals surface area contributed by atoms with E-state index in [4.69, 9.17) is 4.74 Å². The first-order valence-electron chi connectivity index (χ1n) is 5.65. The van der Waals surface area contributed by atoms with Crippen LogP contribution < -0.4 is 10.1 Å². The molecule has 0 saturated carbocycles. The van der Waals surface area contributed by atoms with Crippen molar-refractivity contribution in [1.82, 2.24) is 9.55 Å². The lowest BCUT2D eigenvalue weighted by Gasteiger charge is -2.12. The van der Waals surface area contributed by atoms with E-state index in [0.717, 1.165) is 17.4 Å². The molecule has 1 heterocycles. The van der Waals surface area contributed by atoms with Crippen molar-refractivity contribution in [2.24, 2.45) is 0 Å². The Kier molecular flexibility index (Phi) is 3.32. The van der Waals surface area contributed by atoms with Gasteiger partial charge in [-0.2, -0.15) is 0 Å². The second-order valence-electron chi connectivity index (χ2n) is 4.12. The Morgan fingerprint density at radius 3 is 2.88 bits per heavy atom. The van der Waals surface area contributed by atoms with Gasteiger partial charge in [0.1, 0.15) is 5.75 Å². The van der Waals surface area contributed by atoms with Crippen molar-refractivity contribution >= 4 is 5.95 Å². The summed E-state index contributed by atoms with van der Waals surface area (Å²) < 4.78 is 7.22. The zero-order valence-electron chi connectivity index (χ0n) is 10.3. The SMILES string of the molecule is COc1cccc(-n2ccnc2NC(C)C)c1. The monoisotopic (exact) mass is 231 g/mol. The molecular weight excluding hydrogens is 214 g/mol. The van der Waals surface area contributed by atoms with Crippen molar-refractivity contribution in [3.05, 3.63) is 36.7 Å². The number of hydrogen-bond acceptors (Lipinski definition) is 3. The molecule has 0 unspecified atom stereocenters. The van der Waals surface area contributed by atoms with E-state index < -0.39 is 0 Å². The predicted molar refractivity (Wildman–Crippen MR) is 68.9 cm³/mol. The molecule has 0 spiro atoms. The van der Waals surface area contributed by atoms with E-state index in [0.29, 0.717) is 6.04 Å². The molecule has 0 fully saturated rings. The van der Waals surface area contributed by atoms with Crippen molar-refractivity contribution in [1.29, 1.82) is 0 Å². The van der Waals surface area contributed by atoms with E-state index in [1.54, 1.807) is 13.3 Å². The molecule has 4 heteroatoms. The summed E-state index contributed by atoms with van der Waals surface area (Å²) in [6, 6.07) is 8.24. The van der Waals surface area contributed by atoms with Gasteiger partial charge in [-0.25, -0.2) is 4.98 Å². The fourth-order valence-corrected chi connectivity index (χ4v) is 1.64. The molecule has 0 amide bonds. The van der Waals surface area contributed by atoms with Gasteiger partial charge in [-0.15, -0.1) is 0 Å². The average molecular weight is 231 g/mol. The first-order chi connectivity index (χ1) is 8.20. The van der Waals surface area contributed by atoms with Gasteiger partial charge in [0, 0.05) is 24.5 Å². The van der Waals surface area contributed by atoms with Crippen LogP contribution >= 0.6 is 0 Å². The number of methoxy groups -OCH3 is 1. The third-order valence-electron chi connectivity index (χ3n) is 2.39. The number of anilines is 1. The maximum Gasteiger partial charge on any atom is 0.207 e. The Hall–Kier alpha value is -1.97. The number of imidazole rings is 1. The molecule has 0 bridgehead atoms. The Balaban J connectivity index is 2.35. The van der Waals surface area contributed by atoms with Gasteiger partial charge in [0.15, 0.2) is 0 Å². The fourth-order valence-electron chi connectivity index (χ4n) is 1.64. The minimum Gasteiger partial charge on any atom is -0.497 e. The van der Waals surface area contributed by atoms with Crippen molar-refractivity contribution in [3.8, 4) is 11.4 Å². The van der Waals surface area contributed by atoms with Crippen LogP contribution in [-0.4, -0.2) is 22.7 Å². The highest BCUT2D eigenvalue weighted by Crippen LogP contribution is 2.19. The summed E-state index contributed by atoms with van der Waals surface area (Å²) in [5.74, 6) is 1.68. The molecule has 90 valence electrons. The van der Waals surface area contributed by atoms with Crippen LogP contribution in [0.25, 0.3) is 5.69 Å². The van der Waals surface area contributed by atoms with Crippen LogP contribution in [0.1, 0.15) is 13.8 Å². The van der Waals surface area contributed by atoms with Gasteiger partial charge in [-0.1, -0.05) is 6.07 Å². The molecule has 17 heavy (non-hydrogen) atoms. The quantitative estimate of drug-likeness (QED) is 0.879. The Bertz CT molecular complexity index is 491. The summed E-state index contributed by atoms with van der Waals surface area (Å²) >= 11 is 0. The molecule has 2 rings (SSSR count). The summed E-state index contributed by atoms with van der Waals surface area (Å²) in [5.41, 5.74) is 1.03. The first-order valence-corrected chi connectivity index (χ1v) is 5.65. The molecule has 1 aromatic carbocycles. The molecule has 1 N–H and O–H groups in total. The summed E-state index contributed by atoms with van der Waals surface area (Å²) in [7, 11) is 1.67. The van der Waals surface area contributed by atoms with E-state index in [-0.39, 0.29) is 0 Å². The van der Waals surface area contributed by atoms with Gasteiger partial charge in [0.05, 0.1) is 12.8 Å². The smallest absolute Gasteiger partial charge is 0.207 e. The first kappa shape index (κ1) is 11.5. The van der Waals surface area contributed by atoms with Gasteiger partial charge >= 0.3 is 0 Å². The minimum absolute atomic E-state index is 0.349. The Labute approximate surface area is 101 Å². The number of nitrogens with one attached hydrogen (secondary N) is 1. The van der Waals surface area contributed by atoms with Gasteiger partial charge in [-0.05, 0) is 26.0 Å². The normalized spacial score (nSPS) is 10.6. The molecular formula is C13H17N3O. The van der Waals surface area contributed by atoms with Gasteiger partial charge in [0.2, 0.25) is 5.95 Å². The lowest BCUT2D eigenvalue weighted by atomic mass is 10.3. The molecule has 4 nitrogen and oxygen atoms in total. The van der Waals surface area contributed by atoms with Gasteiger partial charge < -0.3 is 10.1 Å². The lowest BCUT2D eigenvalue weighted by molar-refractivity contribution is 0.414. The van der Waals surface area contributed by atoms with Crippen molar-refractivity contribution in [2.45, 2.75) is 19.9 Å². The zero-order valence-corrected chi connectivity index (χ0v) is 10.3. The minimum atomic E-state index is 0.349. The fraction of sp³-hybridized carbons (Fsp3) is 0.308. The molecule has 0 aliphatic rings.